The Kier molecular flexibility index (Phi) is 8.87. The predicted molar refractivity (Wildman–Crippen MR) is 126 cm³/mol. The van der Waals surface area contributed by atoms with Crippen LogP contribution in [0.5, 0.6) is 5.75 Å². The molecule has 0 unspecified atom stereocenters. The maximum absolute atomic E-state index is 12.6. The number of ether oxygens (including phenoxy) is 2. The van der Waals surface area contributed by atoms with Crippen molar-refractivity contribution in [3.8, 4) is 5.75 Å². The Hall–Kier alpha value is -2.00. The molecule has 0 saturated carbocycles. The highest BCUT2D eigenvalue weighted by molar-refractivity contribution is 6.45. The normalized spacial score (nSPS) is 16.6. The molecular weight excluding hydrogens is 478 g/mol. The van der Waals surface area contributed by atoms with Crippen LogP contribution in [-0.2, 0) is 4.74 Å². The predicted octanol–water partition coefficient (Wildman–Crippen LogP) is 4.66. The highest BCUT2D eigenvalue weighted by atomic mass is 35.5. The Morgan fingerprint density at radius 3 is 2.48 bits per heavy atom. The molecule has 1 fully saturated rings. The fourth-order valence-corrected chi connectivity index (χ4v) is 4.01. The first kappa shape index (κ1) is 25.6. The lowest BCUT2D eigenvalue weighted by Crippen LogP contribution is -2.41. The number of aromatic nitrogens is 1. The summed E-state index contributed by atoms with van der Waals surface area (Å²) in [5.41, 5.74) is 0.660. The molecule has 5 nitrogen and oxygen atoms in total. The summed E-state index contributed by atoms with van der Waals surface area (Å²) >= 11 is 13.0. The van der Waals surface area contributed by atoms with E-state index in [0.29, 0.717) is 59.6 Å². The lowest BCUT2D eigenvalue weighted by molar-refractivity contribution is -0.274. The minimum absolute atomic E-state index is 0.288. The molecule has 10 heteroatoms. The molecule has 0 spiro atoms. The lowest BCUT2D eigenvalue weighted by atomic mass is 10.2. The van der Waals surface area contributed by atoms with Crippen LogP contribution >= 0.6 is 23.2 Å². The second-order valence-corrected chi connectivity index (χ2v) is 8.28. The van der Waals surface area contributed by atoms with Crippen LogP contribution < -0.4 is 20.2 Å². The van der Waals surface area contributed by atoms with Gasteiger partial charge in [0.15, 0.2) is 0 Å². The van der Waals surface area contributed by atoms with Gasteiger partial charge < -0.3 is 14.4 Å². The molecule has 0 atom stereocenters. The number of pyridine rings is 1. The van der Waals surface area contributed by atoms with Gasteiger partial charge in [-0.05, 0) is 37.6 Å². The molecule has 0 bridgehead atoms. The van der Waals surface area contributed by atoms with Gasteiger partial charge in [0.05, 0.1) is 23.6 Å². The van der Waals surface area contributed by atoms with Gasteiger partial charge in [-0.15, -0.1) is 13.2 Å². The quantitative estimate of drug-likeness (QED) is 0.549. The average molecular weight is 504 g/mol. The molecule has 0 radical (unpaired) electrons. The molecule has 1 aromatic carbocycles. The summed E-state index contributed by atoms with van der Waals surface area (Å²) in [6.45, 7) is 8.00. The average Bonchev–Trinajstić information content (AvgIpc) is 2.79. The van der Waals surface area contributed by atoms with Crippen LogP contribution in [0.4, 0.5) is 24.7 Å². The smallest absolute Gasteiger partial charge is 0.406 e. The second-order valence-electron chi connectivity index (χ2n) is 7.42. The van der Waals surface area contributed by atoms with Gasteiger partial charge in [0, 0.05) is 48.2 Å². The zero-order valence-corrected chi connectivity index (χ0v) is 20.0. The third-order valence-electron chi connectivity index (χ3n) is 5.25. The van der Waals surface area contributed by atoms with E-state index in [1.54, 1.807) is 18.2 Å². The fourth-order valence-electron chi connectivity index (χ4n) is 3.57. The van der Waals surface area contributed by atoms with Crippen molar-refractivity contribution in [2.75, 3.05) is 44.3 Å². The monoisotopic (exact) mass is 503 g/mol. The standard InChI is InChI=1S/C23H26Cl2F3N3O2/c1-3-18-20(25)15-21(29-22(18)19(24)4-2)31(10-9-30-11-13-32-14-12-30)16-5-7-17(8-6-16)33-23(26,27)28/h3,5-8,15H,4,9-14H2,1-2H3/b18-3-,22-19-. The molecule has 1 aliphatic rings. The van der Waals surface area contributed by atoms with E-state index in [0.717, 1.165) is 18.3 Å². The molecule has 180 valence electrons. The molecule has 0 amide bonds. The van der Waals surface area contributed by atoms with E-state index in [1.165, 1.54) is 12.1 Å². The number of morpholine rings is 1. The Morgan fingerprint density at radius 1 is 1.24 bits per heavy atom. The van der Waals surface area contributed by atoms with E-state index in [9.17, 15) is 13.2 Å². The number of hydrogen-bond acceptors (Lipinski definition) is 5. The van der Waals surface area contributed by atoms with Crippen molar-refractivity contribution in [1.82, 2.24) is 9.88 Å². The molecule has 1 aliphatic heterocycles. The highest BCUT2D eigenvalue weighted by Crippen LogP contribution is 2.29. The highest BCUT2D eigenvalue weighted by Gasteiger charge is 2.31. The van der Waals surface area contributed by atoms with Crippen LogP contribution in [0.3, 0.4) is 0 Å². The number of benzene rings is 1. The summed E-state index contributed by atoms with van der Waals surface area (Å²) < 4.78 is 47.1. The van der Waals surface area contributed by atoms with Gasteiger partial charge in [-0.1, -0.05) is 36.2 Å². The summed E-state index contributed by atoms with van der Waals surface area (Å²) in [7, 11) is 0. The minimum atomic E-state index is -4.75. The lowest BCUT2D eigenvalue weighted by Gasteiger charge is -2.31. The van der Waals surface area contributed by atoms with Gasteiger partial charge in [-0.2, -0.15) is 0 Å². The number of halogens is 5. The van der Waals surface area contributed by atoms with Crippen LogP contribution in [0.25, 0.3) is 11.1 Å². The molecule has 0 aliphatic carbocycles. The van der Waals surface area contributed by atoms with Crippen LogP contribution in [0, 0.1) is 0 Å². The van der Waals surface area contributed by atoms with E-state index in [1.807, 2.05) is 24.8 Å². The maximum Gasteiger partial charge on any atom is 0.573 e. The first-order chi connectivity index (χ1) is 15.7. The van der Waals surface area contributed by atoms with Gasteiger partial charge in [0.1, 0.15) is 11.6 Å². The second kappa shape index (κ2) is 11.4. The van der Waals surface area contributed by atoms with Gasteiger partial charge >= 0.3 is 6.36 Å². The van der Waals surface area contributed by atoms with Crippen molar-refractivity contribution in [3.63, 3.8) is 0 Å². The number of hydrogen-bond donors (Lipinski definition) is 0. The maximum atomic E-state index is 12.6. The van der Waals surface area contributed by atoms with Crippen LogP contribution in [0.2, 0.25) is 5.02 Å². The first-order valence-electron chi connectivity index (χ1n) is 10.7. The summed E-state index contributed by atoms with van der Waals surface area (Å²) in [5.74, 6) is 0.273. The van der Waals surface area contributed by atoms with Crippen LogP contribution in [0.1, 0.15) is 20.3 Å². The van der Waals surface area contributed by atoms with Crippen molar-refractivity contribution in [3.05, 3.63) is 45.9 Å². The number of nitrogens with zero attached hydrogens (tertiary/aromatic N) is 3. The Bertz CT molecular complexity index is 1060. The molecule has 1 saturated heterocycles. The molecule has 2 heterocycles. The van der Waals surface area contributed by atoms with Crippen molar-refractivity contribution >= 4 is 45.8 Å². The van der Waals surface area contributed by atoms with Gasteiger partial charge in [0.2, 0.25) is 0 Å². The van der Waals surface area contributed by atoms with Gasteiger partial charge in [-0.25, -0.2) is 4.98 Å². The summed E-state index contributed by atoms with van der Waals surface area (Å²) in [6, 6.07) is 7.46. The SMILES string of the molecule is C/C=c1/c(Cl)cc(N(CCN2CCOCC2)c2ccc(OC(F)(F)F)cc2)n/c1=C(\Cl)CC. The third kappa shape index (κ3) is 6.99. The van der Waals surface area contributed by atoms with E-state index >= 15 is 0 Å². The Morgan fingerprint density at radius 2 is 1.91 bits per heavy atom. The van der Waals surface area contributed by atoms with E-state index < -0.39 is 6.36 Å². The molecular formula is C23H26Cl2F3N3O2. The van der Waals surface area contributed by atoms with Crippen molar-refractivity contribution in [2.24, 2.45) is 0 Å². The van der Waals surface area contributed by atoms with E-state index in [-0.39, 0.29) is 5.75 Å². The van der Waals surface area contributed by atoms with Crippen molar-refractivity contribution in [1.29, 1.82) is 0 Å². The first-order valence-corrected chi connectivity index (χ1v) is 11.4. The minimum Gasteiger partial charge on any atom is -0.406 e. The fraction of sp³-hybridized carbons (Fsp3) is 0.435. The Labute approximate surface area is 201 Å². The zero-order valence-electron chi connectivity index (χ0n) is 18.5. The molecule has 2 aromatic rings. The largest absolute Gasteiger partial charge is 0.573 e. The number of alkyl halides is 3. The number of anilines is 2. The molecule has 0 N–H and O–H groups in total. The Balaban J connectivity index is 2.01. The molecule has 1 aromatic heterocycles. The topological polar surface area (TPSA) is 37.8 Å². The van der Waals surface area contributed by atoms with Crippen LogP contribution in [0.15, 0.2) is 30.3 Å². The van der Waals surface area contributed by atoms with Crippen molar-refractivity contribution in [2.45, 2.75) is 26.6 Å². The van der Waals surface area contributed by atoms with E-state index in [4.69, 9.17) is 32.9 Å². The zero-order chi connectivity index (χ0) is 24.0. The van der Waals surface area contributed by atoms with Crippen LogP contribution in [-0.4, -0.2) is 55.6 Å². The third-order valence-corrected chi connectivity index (χ3v) is 6.01. The molecule has 33 heavy (non-hydrogen) atoms. The van der Waals surface area contributed by atoms with Gasteiger partial charge in [-0.3, -0.25) is 4.90 Å². The summed E-state index contributed by atoms with van der Waals surface area (Å²) in [6.07, 6.45) is -2.30. The van der Waals surface area contributed by atoms with Gasteiger partial charge in [0.25, 0.3) is 0 Å². The summed E-state index contributed by atoms with van der Waals surface area (Å²) in [4.78, 5) is 8.97. The molecule has 3 rings (SSSR count). The number of rotatable bonds is 7. The van der Waals surface area contributed by atoms with Crippen molar-refractivity contribution < 1.29 is 22.6 Å². The summed E-state index contributed by atoms with van der Waals surface area (Å²) in [5, 5.41) is 2.42. The van der Waals surface area contributed by atoms with E-state index in [2.05, 4.69) is 9.64 Å².